The van der Waals surface area contributed by atoms with Crippen molar-refractivity contribution in [2.24, 2.45) is 0 Å². The number of carbonyl (C=O) groups excluding carboxylic acids is 2. The minimum absolute atomic E-state index is 0.179. The van der Waals surface area contributed by atoms with Crippen LogP contribution in [0.15, 0.2) is 47.4 Å². The van der Waals surface area contributed by atoms with Crippen LogP contribution in [-0.2, 0) is 14.3 Å². The van der Waals surface area contributed by atoms with Crippen molar-refractivity contribution in [3.05, 3.63) is 53.0 Å². The Morgan fingerprint density at radius 1 is 1.20 bits per heavy atom. The molecule has 0 spiro atoms. The molecule has 1 unspecified atom stereocenters. The van der Waals surface area contributed by atoms with Crippen molar-refractivity contribution in [2.75, 3.05) is 6.61 Å². The number of hydrogen-bond acceptors (Lipinski definition) is 5. The van der Waals surface area contributed by atoms with E-state index < -0.39 is 12.1 Å². The molecular formula is C20H22O5. The van der Waals surface area contributed by atoms with Gasteiger partial charge in [0, 0.05) is 6.42 Å². The molecule has 25 heavy (non-hydrogen) atoms. The number of hydrogen-bond donors (Lipinski definition) is 0. The fourth-order valence-corrected chi connectivity index (χ4v) is 3.05. The third-order valence-corrected chi connectivity index (χ3v) is 4.31. The molecule has 2 heterocycles. The molecule has 0 bridgehead atoms. The quantitative estimate of drug-likeness (QED) is 0.579. The number of ketones is 1. The Morgan fingerprint density at radius 2 is 2.00 bits per heavy atom. The fourth-order valence-electron chi connectivity index (χ4n) is 3.05. The normalized spacial score (nSPS) is 18.6. The van der Waals surface area contributed by atoms with Crippen molar-refractivity contribution in [1.82, 2.24) is 0 Å². The number of benzene rings is 1. The van der Waals surface area contributed by atoms with Crippen LogP contribution in [-0.4, -0.2) is 24.5 Å². The highest BCUT2D eigenvalue weighted by molar-refractivity contribution is 6.13. The van der Waals surface area contributed by atoms with E-state index in [4.69, 9.17) is 14.2 Å². The number of esters is 1. The van der Waals surface area contributed by atoms with Gasteiger partial charge in [-0.15, -0.1) is 0 Å². The van der Waals surface area contributed by atoms with Gasteiger partial charge in [-0.25, -0.2) is 4.79 Å². The van der Waals surface area contributed by atoms with E-state index in [9.17, 15) is 9.59 Å². The molecule has 132 valence electrons. The standard InChI is InChI=1S/C20H22O5/c1-3-5-6-11-16-17(20(22)23-4-2)19-14(12-24-16)18(21)13-9-7-8-10-15(13)25-19/h7-10,12,19H,3-6,11H2,1-2H3. The maximum Gasteiger partial charge on any atom is 0.341 e. The van der Waals surface area contributed by atoms with Crippen molar-refractivity contribution in [3.8, 4) is 5.75 Å². The van der Waals surface area contributed by atoms with E-state index in [1.807, 2.05) is 0 Å². The van der Waals surface area contributed by atoms with Crippen LogP contribution in [0, 0.1) is 0 Å². The summed E-state index contributed by atoms with van der Waals surface area (Å²) in [5, 5.41) is 0. The molecule has 0 amide bonds. The number of unbranched alkanes of at least 4 members (excludes halogenated alkanes) is 2. The van der Waals surface area contributed by atoms with Crippen molar-refractivity contribution in [2.45, 2.75) is 45.6 Å². The Balaban J connectivity index is 1.98. The Bertz CT molecular complexity index is 744. The van der Waals surface area contributed by atoms with E-state index in [2.05, 4.69) is 6.92 Å². The minimum Gasteiger partial charge on any atom is -0.480 e. The summed E-state index contributed by atoms with van der Waals surface area (Å²) in [4.78, 5) is 25.3. The second kappa shape index (κ2) is 7.55. The van der Waals surface area contributed by atoms with Crippen molar-refractivity contribution >= 4 is 11.8 Å². The average Bonchev–Trinajstić information content (AvgIpc) is 2.62. The topological polar surface area (TPSA) is 61.8 Å². The van der Waals surface area contributed by atoms with E-state index >= 15 is 0 Å². The first-order valence-corrected chi connectivity index (χ1v) is 8.74. The van der Waals surface area contributed by atoms with Crippen LogP contribution < -0.4 is 4.74 Å². The molecule has 0 saturated heterocycles. The first-order chi connectivity index (χ1) is 12.2. The predicted molar refractivity (Wildman–Crippen MR) is 92.2 cm³/mol. The van der Waals surface area contributed by atoms with Gasteiger partial charge in [0.15, 0.2) is 11.9 Å². The van der Waals surface area contributed by atoms with E-state index in [0.717, 1.165) is 19.3 Å². The minimum atomic E-state index is -0.771. The fraction of sp³-hybridized carbons (Fsp3) is 0.400. The molecule has 2 aliphatic heterocycles. The largest absolute Gasteiger partial charge is 0.480 e. The van der Waals surface area contributed by atoms with Gasteiger partial charge in [0.2, 0.25) is 0 Å². The average molecular weight is 342 g/mol. The smallest absolute Gasteiger partial charge is 0.341 e. The zero-order chi connectivity index (χ0) is 17.8. The lowest BCUT2D eigenvalue weighted by Gasteiger charge is -2.32. The second-order valence-electron chi connectivity index (χ2n) is 6.03. The van der Waals surface area contributed by atoms with Gasteiger partial charge in [-0.05, 0) is 25.5 Å². The summed E-state index contributed by atoms with van der Waals surface area (Å²) in [5.41, 5.74) is 1.12. The highest BCUT2D eigenvalue weighted by Crippen LogP contribution is 2.38. The molecule has 1 aromatic carbocycles. The van der Waals surface area contributed by atoms with Crippen LogP contribution in [0.1, 0.15) is 49.9 Å². The molecule has 0 aromatic heterocycles. The molecular weight excluding hydrogens is 320 g/mol. The highest BCUT2D eigenvalue weighted by Gasteiger charge is 2.42. The lowest BCUT2D eigenvalue weighted by molar-refractivity contribution is -0.139. The summed E-state index contributed by atoms with van der Waals surface area (Å²) in [7, 11) is 0. The van der Waals surface area contributed by atoms with E-state index in [0.29, 0.717) is 34.6 Å². The Labute approximate surface area is 147 Å². The van der Waals surface area contributed by atoms with Crippen molar-refractivity contribution in [3.63, 3.8) is 0 Å². The van der Waals surface area contributed by atoms with Gasteiger partial charge in [0.25, 0.3) is 0 Å². The zero-order valence-electron chi connectivity index (χ0n) is 14.5. The number of fused-ring (bicyclic) bond motifs is 2. The van der Waals surface area contributed by atoms with E-state index in [1.54, 1.807) is 31.2 Å². The molecule has 5 heteroatoms. The van der Waals surface area contributed by atoms with Crippen LogP contribution in [0.5, 0.6) is 5.75 Å². The van der Waals surface area contributed by atoms with Crippen molar-refractivity contribution < 1.29 is 23.8 Å². The zero-order valence-corrected chi connectivity index (χ0v) is 14.5. The summed E-state index contributed by atoms with van der Waals surface area (Å²) in [5.74, 6) is 0.345. The van der Waals surface area contributed by atoms with Gasteiger partial charge in [0.05, 0.1) is 17.7 Å². The number of allylic oxidation sites excluding steroid dienone is 1. The van der Waals surface area contributed by atoms with Crippen LogP contribution in [0.4, 0.5) is 0 Å². The molecule has 5 nitrogen and oxygen atoms in total. The molecule has 2 aliphatic rings. The molecule has 0 aliphatic carbocycles. The first-order valence-electron chi connectivity index (χ1n) is 8.74. The van der Waals surface area contributed by atoms with Crippen LogP contribution in [0.25, 0.3) is 0 Å². The third kappa shape index (κ3) is 3.31. The number of Topliss-reactive ketones (excluding diaryl/α,β-unsaturated/α-hetero) is 1. The summed E-state index contributed by atoms with van der Waals surface area (Å²) < 4.78 is 16.9. The third-order valence-electron chi connectivity index (χ3n) is 4.31. The van der Waals surface area contributed by atoms with E-state index in [1.165, 1.54) is 6.26 Å². The maximum absolute atomic E-state index is 12.7. The lowest BCUT2D eigenvalue weighted by atomic mass is 9.89. The molecule has 1 atom stereocenters. The predicted octanol–water partition coefficient (Wildman–Crippen LogP) is 3.94. The molecule has 0 N–H and O–H groups in total. The highest BCUT2D eigenvalue weighted by atomic mass is 16.5. The second-order valence-corrected chi connectivity index (χ2v) is 6.03. The maximum atomic E-state index is 12.7. The monoisotopic (exact) mass is 342 g/mol. The van der Waals surface area contributed by atoms with Gasteiger partial charge in [0.1, 0.15) is 23.3 Å². The molecule has 0 radical (unpaired) electrons. The van der Waals surface area contributed by atoms with Gasteiger partial charge >= 0.3 is 5.97 Å². The van der Waals surface area contributed by atoms with Gasteiger partial charge in [-0.1, -0.05) is 31.9 Å². The Hall–Kier alpha value is -2.56. The Kier molecular flexibility index (Phi) is 5.22. The molecule has 0 fully saturated rings. The number of para-hydroxylation sites is 1. The van der Waals surface area contributed by atoms with Crippen LogP contribution >= 0.6 is 0 Å². The van der Waals surface area contributed by atoms with E-state index in [-0.39, 0.29) is 12.4 Å². The lowest BCUT2D eigenvalue weighted by Crippen LogP contribution is -2.38. The van der Waals surface area contributed by atoms with Crippen molar-refractivity contribution in [1.29, 1.82) is 0 Å². The first kappa shape index (κ1) is 17.3. The van der Waals surface area contributed by atoms with Gasteiger partial charge < -0.3 is 14.2 Å². The summed E-state index contributed by atoms with van der Waals surface area (Å²) in [6.07, 6.45) is 4.26. The number of ether oxygens (including phenoxy) is 3. The van der Waals surface area contributed by atoms with Gasteiger partial charge in [-0.3, -0.25) is 4.79 Å². The summed E-state index contributed by atoms with van der Waals surface area (Å²) in [6, 6.07) is 7.03. The molecule has 0 saturated carbocycles. The van der Waals surface area contributed by atoms with Crippen LogP contribution in [0.2, 0.25) is 0 Å². The summed E-state index contributed by atoms with van der Waals surface area (Å²) in [6.45, 7) is 4.11. The summed E-state index contributed by atoms with van der Waals surface area (Å²) >= 11 is 0. The van der Waals surface area contributed by atoms with Gasteiger partial charge in [-0.2, -0.15) is 0 Å². The number of carbonyl (C=O) groups is 2. The molecule has 1 aromatic rings. The number of rotatable bonds is 6. The van der Waals surface area contributed by atoms with Crippen LogP contribution in [0.3, 0.4) is 0 Å². The Morgan fingerprint density at radius 3 is 2.76 bits per heavy atom. The SMILES string of the molecule is CCCCCC1=C(C(=O)OCC)C2Oc3ccccc3C(=O)C2=CO1. The molecule has 3 rings (SSSR count).